The molecule has 1 saturated heterocycles. The molecule has 0 spiro atoms. The van der Waals surface area contributed by atoms with Crippen molar-refractivity contribution in [3.05, 3.63) is 40.5 Å². The van der Waals surface area contributed by atoms with Crippen LogP contribution in [0.25, 0.3) is 0 Å². The average molecular weight is 537 g/mol. The summed E-state index contributed by atoms with van der Waals surface area (Å²) in [7, 11) is 4.53. The maximum Gasteiger partial charge on any atom is 0.330 e. The van der Waals surface area contributed by atoms with Crippen LogP contribution in [0, 0.1) is 0 Å². The van der Waals surface area contributed by atoms with Gasteiger partial charge in [-0.1, -0.05) is 29.8 Å². The number of benzene rings is 1. The van der Waals surface area contributed by atoms with Gasteiger partial charge in [-0.15, -0.1) is 0 Å². The van der Waals surface area contributed by atoms with E-state index in [2.05, 4.69) is 27.2 Å². The molecule has 3 amide bonds. The van der Waals surface area contributed by atoms with E-state index in [1.807, 2.05) is 0 Å². The van der Waals surface area contributed by atoms with Gasteiger partial charge in [-0.2, -0.15) is 4.98 Å². The minimum Gasteiger partial charge on any atom is -0.495 e. The van der Waals surface area contributed by atoms with Crippen molar-refractivity contribution in [1.29, 1.82) is 0 Å². The molecular formula is C23H26Cl2N6O5. The molecule has 192 valence electrons. The fraction of sp³-hybridized carbons (Fsp3) is 0.391. The molecule has 13 heteroatoms. The highest BCUT2D eigenvalue weighted by molar-refractivity contribution is 6.42. The van der Waals surface area contributed by atoms with E-state index in [0.29, 0.717) is 48.5 Å². The van der Waals surface area contributed by atoms with E-state index in [1.165, 1.54) is 30.1 Å². The summed E-state index contributed by atoms with van der Waals surface area (Å²) >= 11 is 13.1. The molecule has 2 aliphatic heterocycles. The molecule has 2 atom stereocenters. The molecule has 1 fully saturated rings. The monoisotopic (exact) mass is 536 g/mol. The summed E-state index contributed by atoms with van der Waals surface area (Å²) in [5.74, 6) is 1.11. The Morgan fingerprint density at radius 3 is 2.58 bits per heavy atom. The van der Waals surface area contributed by atoms with Crippen molar-refractivity contribution in [1.82, 2.24) is 15.3 Å². The Kier molecular flexibility index (Phi) is 7.72. The molecule has 3 heterocycles. The second-order valence-corrected chi connectivity index (χ2v) is 8.92. The summed E-state index contributed by atoms with van der Waals surface area (Å²) in [4.78, 5) is 37.0. The summed E-state index contributed by atoms with van der Waals surface area (Å²) in [5.41, 5.74) is 0.947. The molecule has 0 saturated carbocycles. The molecule has 2 unspecified atom stereocenters. The molecule has 11 nitrogen and oxygen atoms in total. The van der Waals surface area contributed by atoms with Crippen LogP contribution < -0.4 is 29.9 Å². The van der Waals surface area contributed by atoms with Crippen LogP contribution in [0.1, 0.15) is 12.0 Å². The minimum absolute atomic E-state index is 0.129. The van der Waals surface area contributed by atoms with Crippen molar-refractivity contribution in [2.24, 2.45) is 0 Å². The molecule has 2 aromatic rings. The van der Waals surface area contributed by atoms with Crippen LogP contribution in [-0.4, -0.2) is 68.5 Å². The predicted octanol–water partition coefficient (Wildman–Crippen LogP) is 3.25. The number of anilines is 3. The van der Waals surface area contributed by atoms with Crippen molar-refractivity contribution < 1.29 is 23.8 Å². The topological polar surface area (TPSA) is 118 Å². The van der Waals surface area contributed by atoms with Gasteiger partial charge in [-0.05, 0) is 12.5 Å². The smallest absolute Gasteiger partial charge is 0.330 e. The first-order valence-electron chi connectivity index (χ1n) is 11.1. The van der Waals surface area contributed by atoms with Gasteiger partial charge in [0.15, 0.2) is 0 Å². The van der Waals surface area contributed by atoms with Crippen LogP contribution in [0.4, 0.5) is 22.2 Å². The van der Waals surface area contributed by atoms with Gasteiger partial charge in [0.1, 0.15) is 27.4 Å². The van der Waals surface area contributed by atoms with Crippen molar-refractivity contribution >= 4 is 52.6 Å². The Labute approximate surface area is 218 Å². The molecule has 1 aromatic carbocycles. The highest BCUT2D eigenvalue weighted by Gasteiger charge is 2.35. The number of rotatable bonds is 7. The fourth-order valence-corrected chi connectivity index (χ4v) is 4.83. The van der Waals surface area contributed by atoms with Gasteiger partial charge < -0.3 is 24.8 Å². The summed E-state index contributed by atoms with van der Waals surface area (Å²) < 4.78 is 16.2. The quantitative estimate of drug-likeness (QED) is 0.517. The zero-order valence-electron chi connectivity index (χ0n) is 20.0. The standard InChI is InChI=1S/C23H26Cl2N6O5/c1-5-17(32)27-14-11-36-7-6-13(14)28-22-26-9-12-10-31(23(33)30(2)21(12)29-22)20-18(24)15(34-3)8-16(35-4)19(20)25/h5,8-9,13-14H,1,6-7,10-11H2,2-4H3,(H,27,32)(H,26,28,29). The Morgan fingerprint density at radius 1 is 1.25 bits per heavy atom. The zero-order valence-corrected chi connectivity index (χ0v) is 21.5. The molecule has 2 N–H and O–H groups in total. The second kappa shape index (κ2) is 10.8. The highest BCUT2D eigenvalue weighted by atomic mass is 35.5. The third kappa shape index (κ3) is 4.86. The van der Waals surface area contributed by atoms with Crippen molar-refractivity contribution in [2.75, 3.05) is 49.6 Å². The lowest BCUT2D eigenvalue weighted by molar-refractivity contribution is -0.118. The molecule has 1 aromatic heterocycles. The van der Waals surface area contributed by atoms with Crippen LogP contribution >= 0.6 is 23.2 Å². The highest BCUT2D eigenvalue weighted by Crippen LogP contribution is 2.47. The number of nitrogens with one attached hydrogen (secondary N) is 2. The first-order chi connectivity index (χ1) is 17.3. The fourth-order valence-electron chi connectivity index (χ4n) is 4.12. The molecule has 0 bridgehead atoms. The van der Waals surface area contributed by atoms with Gasteiger partial charge in [0.2, 0.25) is 11.9 Å². The number of amides is 3. The number of urea groups is 1. The molecule has 4 rings (SSSR count). The van der Waals surface area contributed by atoms with E-state index >= 15 is 0 Å². The van der Waals surface area contributed by atoms with Gasteiger partial charge in [-0.3, -0.25) is 14.6 Å². The van der Waals surface area contributed by atoms with Crippen molar-refractivity contribution in [2.45, 2.75) is 25.0 Å². The Balaban J connectivity index is 1.62. The van der Waals surface area contributed by atoms with Gasteiger partial charge in [0, 0.05) is 31.5 Å². The predicted molar refractivity (Wildman–Crippen MR) is 137 cm³/mol. The van der Waals surface area contributed by atoms with Crippen LogP contribution in [0.3, 0.4) is 0 Å². The second-order valence-electron chi connectivity index (χ2n) is 8.16. The normalized spacial score (nSPS) is 19.4. The number of hydrogen-bond donors (Lipinski definition) is 2. The number of halogens is 2. The molecule has 0 radical (unpaired) electrons. The SMILES string of the molecule is C=CC(=O)NC1COCCC1Nc1ncc2c(n1)N(C)C(=O)N(c1c(Cl)c(OC)cc(OC)c1Cl)C2. The van der Waals surface area contributed by atoms with E-state index in [0.717, 1.165) is 0 Å². The van der Waals surface area contributed by atoms with Crippen LogP contribution in [0.15, 0.2) is 24.9 Å². The first-order valence-corrected chi connectivity index (χ1v) is 11.8. The molecule has 36 heavy (non-hydrogen) atoms. The molecule has 2 aliphatic rings. The maximum atomic E-state index is 13.4. The minimum atomic E-state index is -0.395. The lowest BCUT2D eigenvalue weighted by Crippen LogP contribution is -2.52. The Bertz CT molecular complexity index is 1170. The Hall–Kier alpha value is -3.28. The van der Waals surface area contributed by atoms with Crippen molar-refractivity contribution in [3.8, 4) is 11.5 Å². The van der Waals surface area contributed by atoms with Crippen LogP contribution in [0.2, 0.25) is 10.0 Å². The average Bonchev–Trinajstić information content (AvgIpc) is 2.88. The molecule has 0 aliphatic carbocycles. The number of methoxy groups -OCH3 is 2. The number of ether oxygens (including phenoxy) is 3. The number of fused-ring (bicyclic) bond motifs is 1. The third-order valence-corrected chi connectivity index (χ3v) is 6.74. The largest absolute Gasteiger partial charge is 0.495 e. The number of nitrogens with zero attached hydrogens (tertiary/aromatic N) is 4. The third-order valence-electron chi connectivity index (χ3n) is 6.01. The number of aromatic nitrogens is 2. The lowest BCUT2D eigenvalue weighted by Gasteiger charge is -2.36. The van der Waals surface area contributed by atoms with Crippen molar-refractivity contribution in [3.63, 3.8) is 0 Å². The van der Waals surface area contributed by atoms with Crippen LogP contribution in [0.5, 0.6) is 11.5 Å². The number of carbonyl (C=O) groups excluding carboxylic acids is 2. The summed E-state index contributed by atoms with van der Waals surface area (Å²) in [5, 5.41) is 6.47. The van der Waals surface area contributed by atoms with Crippen LogP contribution in [-0.2, 0) is 16.1 Å². The van der Waals surface area contributed by atoms with Gasteiger partial charge in [-0.25, -0.2) is 9.78 Å². The van der Waals surface area contributed by atoms with E-state index in [4.69, 9.17) is 37.4 Å². The van der Waals surface area contributed by atoms with E-state index < -0.39 is 6.03 Å². The van der Waals surface area contributed by atoms with E-state index in [1.54, 1.807) is 19.3 Å². The van der Waals surface area contributed by atoms with E-state index in [-0.39, 0.29) is 40.3 Å². The zero-order chi connectivity index (χ0) is 26.0. The van der Waals surface area contributed by atoms with E-state index in [9.17, 15) is 9.59 Å². The summed E-state index contributed by atoms with van der Waals surface area (Å²) in [6, 6.07) is 0.714. The van der Waals surface area contributed by atoms with Gasteiger partial charge >= 0.3 is 6.03 Å². The van der Waals surface area contributed by atoms with Gasteiger partial charge in [0.25, 0.3) is 0 Å². The first kappa shape index (κ1) is 25.8. The Morgan fingerprint density at radius 2 is 1.94 bits per heavy atom. The number of hydrogen-bond acceptors (Lipinski definition) is 8. The lowest BCUT2D eigenvalue weighted by atomic mass is 10.0. The summed E-state index contributed by atoms with van der Waals surface area (Å²) in [6.45, 7) is 4.49. The van der Waals surface area contributed by atoms with Gasteiger partial charge in [0.05, 0.1) is 45.1 Å². The molecular weight excluding hydrogens is 511 g/mol. The maximum absolute atomic E-state index is 13.4. The summed E-state index contributed by atoms with van der Waals surface area (Å²) in [6.07, 6.45) is 3.49. The number of carbonyl (C=O) groups is 2.